The summed E-state index contributed by atoms with van der Waals surface area (Å²) in [6, 6.07) is 2.45. The van der Waals surface area contributed by atoms with Crippen LogP contribution >= 0.6 is 23.2 Å². The third-order valence-corrected chi connectivity index (χ3v) is 3.13. The lowest BCUT2D eigenvalue weighted by Gasteiger charge is -2.06. The summed E-state index contributed by atoms with van der Waals surface area (Å²) < 4.78 is 18.5. The lowest BCUT2D eigenvalue weighted by atomic mass is 10.2. The highest BCUT2D eigenvalue weighted by Gasteiger charge is 2.12. The number of hydrogen-bond acceptors (Lipinski definition) is 5. The molecule has 0 radical (unpaired) electrons. The second-order valence-corrected chi connectivity index (χ2v) is 5.71. The van der Waals surface area contributed by atoms with Crippen LogP contribution < -0.4 is 10.6 Å². The zero-order valence-corrected chi connectivity index (χ0v) is 13.1. The van der Waals surface area contributed by atoms with Gasteiger partial charge in [0.15, 0.2) is 0 Å². The highest BCUT2D eigenvalue weighted by atomic mass is 35.5. The SMILES string of the molecule is CC(C)CNCc1nnc(Nc2c(Cl)cc(F)cc2Cl)o1. The smallest absolute Gasteiger partial charge is 0.320 e. The zero-order valence-electron chi connectivity index (χ0n) is 11.6. The van der Waals surface area contributed by atoms with Gasteiger partial charge in [0.25, 0.3) is 0 Å². The van der Waals surface area contributed by atoms with Gasteiger partial charge < -0.3 is 15.1 Å². The van der Waals surface area contributed by atoms with Crippen LogP contribution in [0.25, 0.3) is 0 Å². The number of nitrogens with one attached hydrogen (secondary N) is 2. The first-order chi connectivity index (χ1) is 9.95. The summed E-state index contributed by atoms with van der Waals surface area (Å²) in [6.45, 7) is 5.52. The number of halogens is 3. The van der Waals surface area contributed by atoms with Crippen LogP contribution in [0, 0.1) is 11.7 Å². The first-order valence-corrected chi connectivity index (χ1v) is 7.16. The number of aromatic nitrogens is 2. The Morgan fingerprint density at radius 2 is 1.90 bits per heavy atom. The predicted molar refractivity (Wildman–Crippen MR) is 80.5 cm³/mol. The van der Waals surface area contributed by atoms with Crippen molar-refractivity contribution < 1.29 is 8.81 Å². The molecule has 0 atom stereocenters. The largest absolute Gasteiger partial charge is 0.406 e. The molecule has 1 aromatic heterocycles. The van der Waals surface area contributed by atoms with Crippen molar-refractivity contribution in [3.8, 4) is 0 Å². The van der Waals surface area contributed by atoms with E-state index < -0.39 is 5.82 Å². The third kappa shape index (κ3) is 4.56. The summed E-state index contributed by atoms with van der Waals surface area (Å²) in [4.78, 5) is 0. The van der Waals surface area contributed by atoms with E-state index >= 15 is 0 Å². The Morgan fingerprint density at radius 3 is 2.52 bits per heavy atom. The summed E-state index contributed by atoms with van der Waals surface area (Å²) >= 11 is 11.8. The van der Waals surface area contributed by atoms with Crippen molar-refractivity contribution in [1.29, 1.82) is 0 Å². The monoisotopic (exact) mass is 332 g/mol. The lowest BCUT2D eigenvalue weighted by molar-refractivity contribution is 0.460. The molecule has 2 rings (SSSR count). The molecular weight excluding hydrogens is 318 g/mol. The van der Waals surface area contributed by atoms with Crippen LogP contribution in [0.2, 0.25) is 10.0 Å². The van der Waals surface area contributed by atoms with Crippen molar-refractivity contribution >= 4 is 34.9 Å². The van der Waals surface area contributed by atoms with Crippen molar-refractivity contribution in [1.82, 2.24) is 15.5 Å². The first kappa shape index (κ1) is 16.0. The van der Waals surface area contributed by atoms with Gasteiger partial charge in [0.1, 0.15) is 5.82 Å². The molecule has 1 aromatic carbocycles. The fourth-order valence-corrected chi connectivity index (χ4v) is 2.17. The minimum atomic E-state index is -0.514. The van der Waals surface area contributed by atoms with Gasteiger partial charge in [-0.05, 0) is 24.6 Å². The fourth-order valence-electron chi connectivity index (χ4n) is 1.61. The molecule has 0 unspecified atom stereocenters. The molecular formula is C13H15Cl2FN4O. The van der Waals surface area contributed by atoms with E-state index in [2.05, 4.69) is 34.7 Å². The summed E-state index contributed by atoms with van der Waals surface area (Å²) in [7, 11) is 0. The van der Waals surface area contributed by atoms with Crippen molar-refractivity contribution in [3.63, 3.8) is 0 Å². The second-order valence-electron chi connectivity index (χ2n) is 4.90. The first-order valence-electron chi connectivity index (χ1n) is 6.40. The van der Waals surface area contributed by atoms with Gasteiger partial charge in [0.2, 0.25) is 5.89 Å². The quantitative estimate of drug-likeness (QED) is 0.836. The molecule has 0 aliphatic carbocycles. The molecule has 2 aromatic rings. The number of benzene rings is 1. The van der Waals surface area contributed by atoms with Crippen LogP contribution in [0.3, 0.4) is 0 Å². The molecule has 8 heteroatoms. The normalized spacial score (nSPS) is 11.1. The van der Waals surface area contributed by atoms with Crippen molar-refractivity contribution in [3.05, 3.63) is 33.9 Å². The van der Waals surface area contributed by atoms with Crippen molar-refractivity contribution in [2.45, 2.75) is 20.4 Å². The lowest BCUT2D eigenvalue weighted by Crippen LogP contribution is -2.19. The Hall–Kier alpha value is -1.37. The summed E-state index contributed by atoms with van der Waals surface area (Å²) in [6.07, 6.45) is 0. The van der Waals surface area contributed by atoms with E-state index in [-0.39, 0.29) is 16.1 Å². The number of rotatable bonds is 6. The molecule has 0 saturated heterocycles. The highest BCUT2D eigenvalue weighted by Crippen LogP contribution is 2.33. The molecule has 1 heterocycles. The van der Waals surface area contributed by atoms with E-state index in [1.54, 1.807) is 0 Å². The highest BCUT2D eigenvalue weighted by molar-refractivity contribution is 6.39. The molecule has 5 nitrogen and oxygen atoms in total. The third-order valence-electron chi connectivity index (χ3n) is 2.53. The maximum atomic E-state index is 13.1. The molecule has 0 fully saturated rings. The predicted octanol–water partition coefficient (Wildman–Crippen LogP) is 4.00. The van der Waals surface area contributed by atoms with Gasteiger partial charge in [0.05, 0.1) is 22.3 Å². The van der Waals surface area contributed by atoms with Gasteiger partial charge in [-0.2, -0.15) is 0 Å². The van der Waals surface area contributed by atoms with E-state index in [1.807, 2.05) is 0 Å². The van der Waals surface area contributed by atoms with Crippen LogP contribution in [-0.2, 0) is 6.54 Å². The van der Waals surface area contributed by atoms with E-state index in [4.69, 9.17) is 27.6 Å². The maximum absolute atomic E-state index is 13.1. The second kappa shape index (κ2) is 7.06. The minimum Gasteiger partial charge on any atom is -0.406 e. The molecule has 0 spiro atoms. The average Bonchev–Trinajstić information content (AvgIpc) is 2.81. The Morgan fingerprint density at radius 1 is 1.24 bits per heavy atom. The van der Waals surface area contributed by atoms with Gasteiger partial charge in [-0.1, -0.05) is 42.1 Å². The Bertz CT molecular complexity index is 595. The zero-order chi connectivity index (χ0) is 15.4. The molecule has 0 aliphatic heterocycles. The summed E-state index contributed by atoms with van der Waals surface area (Å²) in [5, 5.41) is 14.0. The average molecular weight is 333 g/mol. The molecule has 21 heavy (non-hydrogen) atoms. The van der Waals surface area contributed by atoms with Crippen LogP contribution in [-0.4, -0.2) is 16.7 Å². The molecule has 0 saturated carbocycles. The number of anilines is 2. The van der Waals surface area contributed by atoms with Crippen LogP contribution in [0.15, 0.2) is 16.5 Å². The van der Waals surface area contributed by atoms with Crippen LogP contribution in [0.5, 0.6) is 0 Å². The molecule has 114 valence electrons. The molecule has 0 amide bonds. The maximum Gasteiger partial charge on any atom is 0.320 e. The molecule has 2 N–H and O–H groups in total. The molecule has 0 aliphatic rings. The standard InChI is InChI=1S/C13H15Cl2FN4O/c1-7(2)5-17-6-11-19-20-13(21-11)18-12-9(14)3-8(16)4-10(12)15/h3-4,7,17H,5-6H2,1-2H3,(H,18,20). The van der Waals surface area contributed by atoms with Crippen LogP contribution in [0.1, 0.15) is 19.7 Å². The topological polar surface area (TPSA) is 63.0 Å². The van der Waals surface area contributed by atoms with Gasteiger partial charge in [-0.25, -0.2) is 4.39 Å². The molecule has 0 bridgehead atoms. The number of nitrogens with zero attached hydrogens (tertiary/aromatic N) is 2. The van der Waals surface area contributed by atoms with Crippen molar-refractivity contribution in [2.24, 2.45) is 5.92 Å². The van der Waals surface area contributed by atoms with E-state index in [1.165, 1.54) is 0 Å². The van der Waals surface area contributed by atoms with Gasteiger partial charge >= 0.3 is 6.01 Å². The van der Waals surface area contributed by atoms with E-state index in [0.29, 0.717) is 24.0 Å². The Kier molecular flexibility index (Phi) is 5.39. The summed E-state index contributed by atoms with van der Waals surface area (Å²) in [5.41, 5.74) is 0.324. The Balaban J connectivity index is 2.03. The van der Waals surface area contributed by atoms with Gasteiger partial charge in [-0.3, -0.25) is 0 Å². The minimum absolute atomic E-state index is 0.137. The number of hydrogen-bond donors (Lipinski definition) is 2. The van der Waals surface area contributed by atoms with Gasteiger partial charge in [-0.15, -0.1) is 5.10 Å². The van der Waals surface area contributed by atoms with E-state index in [9.17, 15) is 4.39 Å². The van der Waals surface area contributed by atoms with Crippen molar-refractivity contribution in [2.75, 3.05) is 11.9 Å². The van der Waals surface area contributed by atoms with Crippen LogP contribution in [0.4, 0.5) is 16.1 Å². The van der Waals surface area contributed by atoms with E-state index in [0.717, 1.165) is 18.7 Å². The van der Waals surface area contributed by atoms with Gasteiger partial charge in [0, 0.05) is 0 Å². The summed E-state index contributed by atoms with van der Waals surface area (Å²) in [5.74, 6) is 0.453. The fraction of sp³-hybridized carbons (Fsp3) is 0.385. The Labute approximate surface area is 131 Å².